The largest absolute Gasteiger partial charge is 0.416 e. The van der Waals surface area contributed by atoms with Crippen molar-refractivity contribution < 1.29 is 22.8 Å². The van der Waals surface area contributed by atoms with Gasteiger partial charge in [-0.2, -0.15) is 13.2 Å². The van der Waals surface area contributed by atoms with Gasteiger partial charge in [-0.15, -0.1) is 0 Å². The zero-order chi connectivity index (χ0) is 18.7. The Kier molecular flexibility index (Phi) is 4.97. The SMILES string of the molecule is O=C(N[C@H]1CCCNC1=O)c1cccc(-c2ccc(C(F)(F)F)cc2)c1. The highest BCUT2D eigenvalue weighted by molar-refractivity contribution is 5.98. The van der Waals surface area contributed by atoms with E-state index in [1.54, 1.807) is 24.3 Å². The number of alkyl halides is 3. The molecule has 1 aliphatic rings. The first-order valence-electron chi connectivity index (χ1n) is 8.21. The number of benzene rings is 2. The van der Waals surface area contributed by atoms with E-state index in [1.165, 1.54) is 12.1 Å². The standard InChI is InChI=1S/C19H17F3N2O2/c20-19(21,22)15-8-6-12(7-9-15)13-3-1-4-14(11-13)17(25)24-16-5-2-10-23-18(16)26/h1,3-4,6-9,11,16H,2,5,10H2,(H,23,26)(H,24,25)/t16-/m0/s1. The molecule has 2 aromatic rings. The lowest BCUT2D eigenvalue weighted by molar-refractivity contribution is -0.137. The maximum Gasteiger partial charge on any atom is 0.416 e. The van der Waals surface area contributed by atoms with Crippen LogP contribution in [0.25, 0.3) is 11.1 Å². The van der Waals surface area contributed by atoms with Gasteiger partial charge in [0, 0.05) is 12.1 Å². The summed E-state index contributed by atoms with van der Waals surface area (Å²) in [6.07, 6.45) is -3.01. The third kappa shape index (κ3) is 4.04. The number of carbonyl (C=O) groups is 2. The van der Waals surface area contributed by atoms with Crippen LogP contribution in [-0.4, -0.2) is 24.4 Å². The first kappa shape index (κ1) is 18.0. The molecule has 7 heteroatoms. The van der Waals surface area contributed by atoms with Gasteiger partial charge in [0.15, 0.2) is 0 Å². The van der Waals surface area contributed by atoms with E-state index in [2.05, 4.69) is 10.6 Å². The van der Waals surface area contributed by atoms with E-state index in [0.717, 1.165) is 18.6 Å². The number of nitrogens with one attached hydrogen (secondary N) is 2. The number of hydrogen-bond acceptors (Lipinski definition) is 2. The lowest BCUT2D eigenvalue weighted by Crippen LogP contribution is -2.50. The summed E-state index contributed by atoms with van der Waals surface area (Å²) < 4.78 is 38.0. The molecule has 4 nitrogen and oxygen atoms in total. The Labute approximate surface area is 148 Å². The van der Waals surface area contributed by atoms with Crippen molar-refractivity contribution in [1.82, 2.24) is 10.6 Å². The number of carbonyl (C=O) groups excluding carboxylic acids is 2. The van der Waals surface area contributed by atoms with Crippen LogP contribution in [0.2, 0.25) is 0 Å². The molecule has 2 amide bonds. The fourth-order valence-corrected chi connectivity index (χ4v) is 2.84. The van der Waals surface area contributed by atoms with Crippen LogP contribution in [-0.2, 0) is 11.0 Å². The second kappa shape index (κ2) is 7.19. The molecule has 1 atom stereocenters. The highest BCUT2D eigenvalue weighted by Gasteiger charge is 2.30. The lowest BCUT2D eigenvalue weighted by atomic mass is 10.0. The van der Waals surface area contributed by atoms with Crippen molar-refractivity contribution >= 4 is 11.8 Å². The molecule has 0 aromatic heterocycles. The quantitative estimate of drug-likeness (QED) is 0.880. The molecule has 0 aliphatic carbocycles. The van der Waals surface area contributed by atoms with Crippen molar-refractivity contribution in [2.75, 3.05) is 6.54 Å². The molecule has 2 N–H and O–H groups in total. The van der Waals surface area contributed by atoms with Crippen molar-refractivity contribution in [3.8, 4) is 11.1 Å². The minimum Gasteiger partial charge on any atom is -0.354 e. The molecule has 2 aromatic carbocycles. The summed E-state index contributed by atoms with van der Waals surface area (Å²) >= 11 is 0. The van der Waals surface area contributed by atoms with Crippen molar-refractivity contribution in [1.29, 1.82) is 0 Å². The minimum atomic E-state index is -4.39. The highest BCUT2D eigenvalue weighted by Crippen LogP contribution is 2.31. The molecule has 0 unspecified atom stereocenters. The van der Waals surface area contributed by atoms with E-state index in [4.69, 9.17) is 0 Å². The molecule has 3 rings (SSSR count). The molecule has 0 bridgehead atoms. The van der Waals surface area contributed by atoms with E-state index in [0.29, 0.717) is 29.7 Å². The van der Waals surface area contributed by atoms with E-state index in [-0.39, 0.29) is 11.8 Å². The predicted octanol–water partition coefficient (Wildman–Crippen LogP) is 3.38. The van der Waals surface area contributed by atoms with Gasteiger partial charge in [-0.3, -0.25) is 9.59 Å². The molecule has 1 saturated heterocycles. The van der Waals surface area contributed by atoms with Gasteiger partial charge in [-0.1, -0.05) is 24.3 Å². The molecule has 1 fully saturated rings. The van der Waals surface area contributed by atoms with Gasteiger partial charge in [0.25, 0.3) is 5.91 Å². The normalized spacial score (nSPS) is 17.5. The Balaban J connectivity index is 1.77. The molecular weight excluding hydrogens is 345 g/mol. The third-order valence-electron chi connectivity index (χ3n) is 4.26. The van der Waals surface area contributed by atoms with E-state index in [1.807, 2.05) is 0 Å². The number of hydrogen-bond donors (Lipinski definition) is 2. The number of rotatable bonds is 3. The summed E-state index contributed by atoms with van der Waals surface area (Å²) in [4.78, 5) is 24.1. The molecule has 0 spiro atoms. The van der Waals surface area contributed by atoms with Crippen LogP contribution in [0.15, 0.2) is 48.5 Å². The summed E-state index contributed by atoms with van der Waals surface area (Å²) in [5, 5.41) is 5.39. The molecule has 26 heavy (non-hydrogen) atoms. The van der Waals surface area contributed by atoms with Crippen LogP contribution in [0.5, 0.6) is 0 Å². The zero-order valence-corrected chi connectivity index (χ0v) is 13.8. The molecule has 0 saturated carbocycles. The van der Waals surface area contributed by atoms with Crippen LogP contribution >= 0.6 is 0 Å². The van der Waals surface area contributed by atoms with Gasteiger partial charge in [-0.05, 0) is 48.2 Å². The average Bonchev–Trinajstić information content (AvgIpc) is 2.63. The van der Waals surface area contributed by atoms with Crippen LogP contribution in [0.4, 0.5) is 13.2 Å². The number of amides is 2. The predicted molar refractivity (Wildman–Crippen MR) is 90.4 cm³/mol. The van der Waals surface area contributed by atoms with Gasteiger partial charge >= 0.3 is 6.18 Å². The topological polar surface area (TPSA) is 58.2 Å². The van der Waals surface area contributed by atoms with Gasteiger partial charge in [0.1, 0.15) is 6.04 Å². The van der Waals surface area contributed by atoms with Crippen molar-refractivity contribution in [2.45, 2.75) is 25.1 Å². The summed E-state index contributed by atoms with van der Waals surface area (Å²) in [6.45, 7) is 0.606. The lowest BCUT2D eigenvalue weighted by Gasteiger charge is -2.22. The smallest absolute Gasteiger partial charge is 0.354 e. The zero-order valence-electron chi connectivity index (χ0n) is 13.8. The summed E-state index contributed by atoms with van der Waals surface area (Å²) in [5.41, 5.74) is 0.821. The molecular formula is C19H17F3N2O2. The molecule has 0 radical (unpaired) electrons. The Hall–Kier alpha value is -2.83. The second-order valence-corrected chi connectivity index (χ2v) is 6.12. The summed E-state index contributed by atoms with van der Waals surface area (Å²) in [6, 6.07) is 10.8. The van der Waals surface area contributed by atoms with Gasteiger partial charge in [-0.25, -0.2) is 0 Å². The maximum absolute atomic E-state index is 12.7. The first-order valence-corrected chi connectivity index (χ1v) is 8.21. The molecule has 1 aliphatic heterocycles. The Bertz CT molecular complexity index is 816. The summed E-state index contributed by atoms with van der Waals surface area (Å²) in [5.74, 6) is -0.593. The Morgan fingerprint density at radius 3 is 2.46 bits per heavy atom. The van der Waals surface area contributed by atoms with Crippen LogP contribution in [0.3, 0.4) is 0 Å². The van der Waals surface area contributed by atoms with Crippen molar-refractivity contribution in [3.63, 3.8) is 0 Å². The van der Waals surface area contributed by atoms with E-state index < -0.39 is 17.8 Å². The fraction of sp³-hybridized carbons (Fsp3) is 0.263. The van der Waals surface area contributed by atoms with Gasteiger partial charge in [0.05, 0.1) is 5.56 Å². The third-order valence-corrected chi connectivity index (χ3v) is 4.26. The molecule has 136 valence electrons. The fourth-order valence-electron chi connectivity index (χ4n) is 2.84. The highest BCUT2D eigenvalue weighted by atomic mass is 19.4. The van der Waals surface area contributed by atoms with Crippen LogP contribution in [0.1, 0.15) is 28.8 Å². The summed E-state index contributed by atoms with van der Waals surface area (Å²) in [7, 11) is 0. The van der Waals surface area contributed by atoms with Gasteiger partial charge in [0.2, 0.25) is 5.91 Å². The Morgan fingerprint density at radius 1 is 1.08 bits per heavy atom. The van der Waals surface area contributed by atoms with Crippen molar-refractivity contribution in [3.05, 3.63) is 59.7 Å². The van der Waals surface area contributed by atoms with Crippen molar-refractivity contribution in [2.24, 2.45) is 0 Å². The maximum atomic E-state index is 12.7. The number of piperidine rings is 1. The van der Waals surface area contributed by atoms with Crippen LogP contribution < -0.4 is 10.6 Å². The average molecular weight is 362 g/mol. The van der Waals surface area contributed by atoms with E-state index >= 15 is 0 Å². The second-order valence-electron chi connectivity index (χ2n) is 6.12. The van der Waals surface area contributed by atoms with E-state index in [9.17, 15) is 22.8 Å². The van der Waals surface area contributed by atoms with Gasteiger partial charge < -0.3 is 10.6 Å². The molecule has 1 heterocycles. The number of halogens is 3. The minimum absolute atomic E-state index is 0.205. The monoisotopic (exact) mass is 362 g/mol. The van der Waals surface area contributed by atoms with Crippen LogP contribution in [0, 0.1) is 0 Å². The Morgan fingerprint density at radius 2 is 1.81 bits per heavy atom. The first-order chi connectivity index (χ1) is 12.3.